The topological polar surface area (TPSA) is 69.7 Å². The highest BCUT2D eigenvalue weighted by Gasteiger charge is 2.21. The largest absolute Gasteiger partial charge is 0.363 e. The highest BCUT2D eigenvalue weighted by molar-refractivity contribution is 7.89. The quantitative estimate of drug-likeness (QED) is 0.662. The molecule has 0 fully saturated rings. The molecule has 6 nitrogen and oxygen atoms in total. The first kappa shape index (κ1) is 21.9. The van der Waals surface area contributed by atoms with Gasteiger partial charge in [-0.1, -0.05) is 44.2 Å². The van der Waals surface area contributed by atoms with Gasteiger partial charge >= 0.3 is 0 Å². The summed E-state index contributed by atoms with van der Waals surface area (Å²) in [5.41, 5.74) is 1.86. The van der Waals surface area contributed by atoms with E-state index in [4.69, 9.17) is 0 Å². The molecule has 0 aliphatic heterocycles. The maximum Gasteiger partial charge on any atom is 0.243 e. The SMILES string of the molecule is CCN(CC(=O)NCc1ccc(S(=O)(=O)N(CC)CC)cc1)c1ccccc1. The Morgan fingerprint density at radius 3 is 2.04 bits per heavy atom. The second-order valence-electron chi connectivity index (χ2n) is 6.36. The first-order chi connectivity index (χ1) is 13.4. The number of amides is 1. The molecule has 2 rings (SSSR count). The number of sulfonamides is 1. The van der Waals surface area contributed by atoms with E-state index in [2.05, 4.69) is 5.32 Å². The Morgan fingerprint density at radius 1 is 0.893 bits per heavy atom. The van der Waals surface area contributed by atoms with E-state index in [9.17, 15) is 13.2 Å². The van der Waals surface area contributed by atoms with Crippen molar-refractivity contribution in [1.82, 2.24) is 9.62 Å². The van der Waals surface area contributed by atoms with E-state index in [1.165, 1.54) is 4.31 Å². The minimum atomic E-state index is -3.46. The normalized spacial score (nSPS) is 11.4. The lowest BCUT2D eigenvalue weighted by Gasteiger charge is -2.22. The highest BCUT2D eigenvalue weighted by Crippen LogP contribution is 2.16. The molecule has 28 heavy (non-hydrogen) atoms. The lowest BCUT2D eigenvalue weighted by atomic mass is 10.2. The van der Waals surface area contributed by atoms with Crippen molar-refractivity contribution in [3.63, 3.8) is 0 Å². The number of carbonyl (C=O) groups excluding carboxylic acids is 1. The summed E-state index contributed by atoms with van der Waals surface area (Å²) in [4.78, 5) is 14.6. The highest BCUT2D eigenvalue weighted by atomic mass is 32.2. The van der Waals surface area contributed by atoms with Gasteiger partial charge in [0.2, 0.25) is 15.9 Å². The summed E-state index contributed by atoms with van der Waals surface area (Å²) in [6.07, 6.45) is 0. The molecule has 0 aliphatic carbocycles. The number of carbonyl (C=O) groups is 1. The minimum Gasteiger partial charge on any atom is -0.363 e. The van der Waals surface area contributed by atoms with Gasteiger partial charge in [0.05, 0.1) is 11.4 Å². The van der Waals surface area contributed by atoms with Crippen LogP contribution in [0.1, 0.15) is 26.3 Å². The fourth-order valence-electron chi connectivity index (χ4n) is 2.95. The third kappa shape index (κ3) is 5.56. The summed E-state index contributed by atoms with van der Waals surface area (Å²) in [6.45, 7) is 7.88. The predicted molar refractivity (Wildman–Crippen MR) is 113 cm³/mol. The number of benzene rings is 2. The number of nitrogens with zero attached hydrogens (tertiary/aromatic N) is 2. The van der Waals surface area contributed by atoms with Gasteiger partial charge in [0.1, 0.15) is 0 Å². The molecule has 1 N–H and O–H groups in total. The number of hydrogen-bond donors (Lipinski definition) is 1. The van der Waals surface area contributed by atoms with E-state index >= 15 is 0 Å². The average Bonchev–Trinajstić information content (AvgIpc) is 2.72. The molecular formula is C21H29N3O3S. The Hall–Kier alpha value is -2.38. The number of nitrogens with one attached hydrogen (secondary N) is 1. The summed E-state index contributed by atoms with van der Waals surface area (Å²) in [6, 6.07) is 16.5. The standard InChI is InChI=1S/C21H29N3O3S/c1-4-23(19-10-8-7-9-11-19)17-21(25)22-16-18-12-14-20(15-13-18)28(26,27)24(5-2)6-3/h7-15H,4-6,16-17H2,1-3H3,(H,22,25). The number of hydrogen-bond acceptors (Lipinski definition) is 4. The Labute approximate surface area is 168 Å². The first-order valence-electron chi connectivity index (χ1n) is 9.58. The van der Waals surface area contributed by atoms with Gasteiger partial charge in [0.15, 0.2) is 0 Å². The van der Waals surface area contributed by atoms with Gasteiger partial charge in [-0.15, -0.1) is 0 Å². The van der Waals surface area contributed by atoms with Crippen molar-refractivity contribution in [2.24, 2.45) is 0 Å². The van der Waals surface area contributed by atoms with Crippen LogP contribution in [0.4, 0.5) is 5.69 Å². The van der Waals surface area contributed by atoms with E-state index in [0.717, 1.165) is 17.8 Å². The van der Waals surface area contributed by atoms with Gasteiger partial charge < -0.3 is 10.2 Å². The van der Waals surface area contributed by atoms with Crippen LogP contribution in [0.25, 0.3) is 0 Å². The van der Waals surface area contributed by atoms with Crippen LogP contribution < -0.4 is 10.2 Å². The lowest BCUT2D eigenvalue weighted by Crippen LogP contribution is -2.37. The van der Waals surface area contributed by atoms with Crippen LogP contribution in [0.15, 0.2) is 59.5 Å². The molecule has 152 valence electrons. The van der Waals surface area contributed by atoms with Crippen LogP contribution >= 0.6 is 0 Å². The Bertz CT molecular complexity index is 848. The summed E-state index contributed by atoms with van der Waals surface area (Å²) in [5.74, 6) is -0.0782. The van der Waals surface area contributed by atoms with E-state index in [0.29, 0.717) is 19.6 Å². The van der Waals surface area contributed by atoms with Gasteiger partial charge in [-0.25, -0.2) is 8.42 Å². The van der Waals surface area contributed by atoms with Gasteiger partial charge in [0.25, 0.3) is 0 Å². The second kappa shape index (κ2) is 10.2. The van der Waals surface area contributed by atoms with Gasteiger partial charge in [0, 0.05) is 31.9 Å². The lowest BCUT2D eigenvalue weighted by molar-refractivity contribution is -0.119. The molecule has 0 radical (unpaired) electrons. The molecule has 0 spiro atoms. The smallest absolute Gasteiger partial charge is 0.243 e. The molecule has 0 saturated heterocycles. The number of rotatable bonds is 10. The molecule has 0 atom stereocenters. The van der Waals surface area contributed by atoms with Gasteiger partial charge in [-0.05, 0) is 36.8 Å². The van der Waals surface area contributed by atoms with E-state index < -0.39 is 10.0 Å². The Morgan fingerprint density at radius 2 is 1.50 bits per heavy atom. The van der Waals surface area contributed by atoms with Crippen LogP contribution in [0.2, 0.25) is 0 Å². The average molecular weight is 404 g/mol. The van der Waals surface area contributed by atoms with Crippen molar-refractivity contribution >= 4 is 21.6 Å². The van der Waals surface area contributed by atoms with Crippen molar-refractivity contribution in [2.75, 3.05) is 31.1 Å². The molecule has 0 saturated carbocycles. The number of para-hydroxylation sites is 1. The molecule has 7 heteroatoms. The van der Waals surface area contributed by atoms with Crippen molar-refractivity contribution in [1.29, 1.82) is 0 Å². The fraction of sp³-hybridized carbons (Fsp3) is 0.381. The minimum absolute atomic E-state index is 0.0782. The predicted octanol–water partition coefficient (Wildman–Crippen LogP) is 2.86. The summed E-state index contributed by atoms with van der Waals surface area (Å²) in [7, 11) is -3.46. The van der Waals surface area contributed by atoms with Crippen LogP contribution in [-0.4, -0.2) is 44.8 Å². The van der Waals surface area contributed by atoms with Crippen LogP contribution in [0, 0.1) is 0 Å². The molecule has 1 amide bonds. The van der Waals surface area contributed by atoms with E-state index in [-0.39, 0.29) is 17.3 Å². The summed E-state index contributed by atoms with van der Waals surface area (Å²) >= 11 is 0. The second-order valence-corrected chi connectivity index (χ2v) is 8.30. The third-order valence-electron chi connectivity index (χ3n) is 4.59. The maximum absolute atomic E-state index is 12.5. The van der Waals surface area contributed by atoms with E-state index in [1.54, 1.807) is 24.3 Å². The molecule has 0 unspecified atom stereocenters. The monoisotopic (exact) mass is 403 g/mol. The Kier molecular flexibility index (Phi) is 8.02. The van der Waals surface area contributed by atoms with Crippen LogP contribution in [-0.2, 0) is 21.4 Å². The summed E-state index contributed by atoms with van der Waals surface area (Å²) < 4.78 is 26.4. The molecule has 0 aromatic heterocycles. The van der Waals surface area contributed by atoms with E-state index in [1.807, 2.05) is 56.0 Å². The molecule has 0 aliphatic rings. The molecule has 2 aromatic rings. The van der Waals surface area contributed by atoms with Crippen molar-refractivity contribution in [2.45, 2.75) is 32.2 Å². The Balaban J connectivity index is 1.95. The van der Waals surface area contributed by atoms with Crippen LogP contribution in [0.5, 0.6) is 0 Å². The molecule has 2 aromatic carbocycles. The molecular weight excluding hydrogens is 374 g/mol. The zero-order valence-corrected chi connectivity index (χ0v) is 17.6. The molecule has 0 heterocycles. The van der Waals surface area contributed by atoms with Gasteiger partial charge in [-0.3, -0.25) is 4.79 Å². The first-order valence-corrected chi connectivity index (χ1v) is 11.0. The fourth-order valence-corrected chi connectivity index (χ4v) is 4.40. The third-order valence-corrected chi connectivity index (χ3v) is 6.66. The van der Waals surface area contributed by atoms with Gasteiger partial charge in [-0.2, -0.15) is 4.31 Å². The maximum atomic E-state index is 12.5. The van der Waals surface area contributed by atoms with Crippen LogP contribution in [0.3, 0.4) is 0 Å². The zero-order chi connectivity index (χ0) is 20.6. The van der Waals surface area contributed by atoms with Crippen molar-refractivity contribution in [3.05, 3.63) is 60.2 Å². The summed E-state index contributed by atoms with van der Waals surface area (Å²) in [5, 5.41) is 2.90. The number of likely N-dealkylation sites (N-methyl/N-ethyl adjacent to an activating group) is 1. The molecule has 0 bridgehead atoms. The zero-order valence-electron chi connectivity index (χ0n) is 16.8. The van der Waals surface area contributed by atoms with Crippen molar-refractivity contribution in [3.8, 4) is 0 Å². The number of anilines is 1. The van der Waals surface area contributed by atoms with Crippen molar-refractivity contribution < 1.29 is 13.2 Å².